The van der Waals surface area contributed by atoms with Crippen molar-refractivity contribution < 1.29 is 19.1 Å². The lowest BCUT2D eigenvalue weighted by molar-refractivity contribution is -0.136. The zero-order valence-corrected chi connectivity index (χ0v) is 15.7. The fourth-order valence-corrected chi connectivity index (χ4v) is 2.67. The number of amides is 2. The van der Waals surface area contributed by atoms with Gasteiger partial charge in [0.1, 0.15) is 0 Å². The number of carbonyl (C=O) groups excluding carboxylic acids is 3. The van der Waals surface area contributed by atoms with Crippen LogP contribution in [-0.2, 0) is 14.3 Å². The zero-order chi connectivity index (χ0) is 20.6. The number of ether oxygens (including phenoxy) is 1. The maximum absolute atomic E-state index is 12.0. The molecule has 29 heavy (non-hydrogen) atoms. The number of hydrogen-bond donors (Lipinski definition) is 2. The van der Waals surface area contributed by atoms with Crippen LogP contribution in [0.15, 0.2) is 71.8 Å². The highest BCUT2D eigenvalue weighted by Crippen LogP contribution is 2.16. The van der Waals surface area contributed by atoms with Crippen molar-refractivity contribution in [2.75, 3.05) is 11.9 Å². The molecule has 0 saturated heterocycles. The Bertz CT molecular complexity index is 1070. The number of hydrazone groups is 1. The number of carbonyl (C=O) groups is 3. The van der Waals surface area contributed by atoms with Crippen molar-refractivity contribution in [3.8, 4) is 0 Å². The smallest absolute Gasteiger partial charge is 0.338 e. The van der Waals surface area contributed by atoms with Crippen LogP contribution in [0.4, 0.5) is 5.69 Å². The van der Waals surface area contributed by atoms with Crippen LogP contribution in [0.5, 0.6) is 0 Å². The molecule has 0 fully saturated rings. The molecule has 0 aromatic heterocycles. The van der Waals surface area contributed by atoms with Gasteiger partial charge in [0.2, 0.25) is 0 Å². The van der Waals surface area contributed by atoms with E-state index in [9.17, 15) is 14.4 Å². The number of fused-ring (bicyclic) bond motifs is 1. The number of esters is 1. The van der Waals surface area contributed by atoms with Gasteiger partial charge in [-0.3, -0.25) is 9.59 Å². The van der Waals surface area contributed by atoms with E-state index >= 15 is 0 Å². The van der Waals surface area contributed by atoms with Gasteiger partial charge in [-0.25, -0.2) is 10.2 Å². The van der Waals surface area contributed by atoms with Crippen LogP contribution in [0.3, 0.4) is 0 Å². The highest BCUT2D eigenvalue weighted by atomic mass is 16.5. The molecule has 0 aliphatic heterocycles. The molecule has 0 atom stereocenters. The summed E-state index contributed by atoms with van der Waals surface area (Å²) in [5, 5.41) is 8.34. The minimum absolute atomic E-state index is 0.275. The summed E-state index contributed by atoms with van der Waals surface area (Å²) < 4.78 is 4.89. The van der Waals surface area contributed by atoms with Crippen LogP contribution in [0.2, 0.25) is 0 Å². The topological polar surface area (TPSA) is 96.9 Å². The van der Waals surface area contributed by atoms with Gasteiger partial charge in [-0.05, 0) is 42.0 Å². The van der Waals surface area contributed by atoms with Crippen LogP contribution in [0, 0.1) is 0 Å². The Kier molecular flexibility index (Phi) is 6.32. The molecule has 0 unspecified atom stereocenters. The zero-order valence-electron chi connectivity index (χ0n) is 15.7. The van der Waals surface area contributed by atoms with E-state index < -0.39 is 17.8 Å². The number of nitrogens with zero attached hydrogens (tertiary/aromatic N) is 1. The van der Waals surface area contributed by atoms with Crippen LogP contribution >= 0.6 is 0 Å². The minimum atomic E-state index is -0.907. The second-order valence-electron chi connectivity index (χ2n) is 6.02. The molecule has 7 heteroatoms. The molecule has 2 N–H and O–H groups in total. The standard InChI is InChI=1S/C22H19N3O4/c1-2-29-22(28)16-10-12-18(13-11-16)24-20(26)21(27)25-23-14-17-8-5-7-15-6-3-4-9-19(15)17/h3-14H,2H2,1H3,(H,24,26)(H,25,27)/b23-14-. The molecule has 3 rings (SSSR count). The van der Waals surface area contributed by atoms with E-state index in [2.05, 4.69) is 15.8 Å². The number of nitrogens with one attached hydrogen (secondary N) is 2. The molecule has 2 amide bonds. The second-order valence-corrected chi connectivity index (χ2v) is 6.02. The summed E-state index contributed by atoms with van der Waals surface area (Å²) in [6.07, 6.45) is 1.49. The largest absolute Gasteiger partial charge is 0.462 e. The average Bonchev–Trinajstić information content (AvgIpc) is 2.74. The van der Waals surface area contributed by atoms with E-state index in [4.69, 9.17) is 4.74 Å². The summed E-state index contributed by atoms with van der Waals surface area (Å²) in [6.45, 7) is 1.99. The molecule has 3 aromatic carbocycles. The lowest BCUT2D eigenvalue weighted by atomic mass is 10.1. The summed E-state index contributed by atoms with van der Waals surface area (Å²) in [7, 11) is 0. The lowest BCUT2D eigenvalue weighted by Gasteiger charge is -2.06. The molecule has 0 aliphatic carbocycles. The summed E-state index contributed by atoms with van der Waals surface area (Å²) >= 11 is 0. The van der Waals surface area contributed by atoms with Gasteiger partial charge in [-0.15, -0.1) is 0 Å². The van der Waals surface area contributed by atoms with Crippen molar-refractivity contribution in [3.63, 3.8) is 0 Å². The molecule has 0 aliphatic rings. The Morgan fingerprint density at radius 1 is 0.931 bits per heavy atom. The fourth-order valence-electron chi connectivity index (χ4n) is 2.67. The van der Waals surface area contributed by atoms with Gasteiger partial charge >= 0.3 is 17.8 Å². The van der Waals surface area contributed by atoms with Crippen LogP contribution < -0.4 is 10.7 Å². The van der Waals surface area contributed by atoms with E-state index in [1.807, 2.05) is 42.5 Å². The van der Waals surface area contributed by atoms with Crippen LogP contribution in [0.25, 0.3) is 10.8 Å². The third kappa shape index (κ3) is 5.04. The van der Waals surface area contributed by atoms with Gasteiger partial charge in [-0.1, -0.05) is 42.5 Å². The molecular formula is C22H19N3O4. The number of benzene rings is 3. The van der Waals surface area contributed by atoms with Gasteiger partial charge in [0.15, 0.2) is 0 Å². The fraction of sp³-hybridized carbons (Fsp3) is 0.0909. The Morgan fingerprint density at radius 2 is 1.66 bits per heavy atom. The molecule has 0 heterocycles. The van der Waals surface area contributed by atoms with Gasteiger partial charge in [0.25, 0.3) is 0 Å². The lowest BCUT2D eigenvalue weighted by Crippen LogP contribution is -2.32. The summed E-state index contributed by atoms with van der Waals surface area (Å²) in [6, 6.07) is 19.5. The van der Waals surface area contributed by atoms with E-state index in [0.717, 1.165) is 16.3 Å². The summed E-state index contributed by atoms with van der Waals surface area (Å²) in [5.41, 5.74) is 3.75. The minimum Gasteiger partial charge on any atom is -0.462 e. The first-order valence-electron chi connectivity index (χ1n) is 8.98. The van der Waals surface area contributed by atoms with E-state index in [1.165, 1.54) is 30.5 Å². The Labute approximate surface area is 167 Å². The van der Waals surface area contributed by atoms with Crippen LogP contribution in [-0.4, -0.2) is 30.6 Å². The highest BCUT2D eigenvalue weighted by molar-refractivity contribution is 6.39. The average molecular weight is 389 g/mol. The summed E-state index contributed by atoms with van der Waals surface area (Å²) in [5.74, 6) is -2.23. The third-order valence-electron chi connectivity index (χ3n) is 4.05. The van der Waals surface area contributed by atoms with Crippen molar-refractivity contribution in [2.24, 2.45) is 5.10 Å². The number of hydrogen-bond acceptors (Lipinski definition) is 5. The quantitative estimate of drug-likeness (QED) is 0.303. The van der Waals surface area contributed by atoms with Gasteiger partial charge in [-0.2, -0.15) is 5.10 Å². The van der Waals surface area contributed by atoms with E-state index in [0.29, 0.717) is 11.3 Å². The Hall–Kier alpha value is -4.00. The molecule has 7 nitrogen and oxygen atoms in total. The van der Waals surface area contributed by atoms with Crippen molar-refractivity contribution in [3.05, 3.63) is 77.9 Å². The van der Waals surface area contributed by atoms with Crippen molar-refractivity contribution in [1.29, 1.82) is 0 Å². The normalized spacial score (nSPS) is 10.7. The van der Waals surface area contributed by atoms with Crippen molar-refractivity contribution >= 4 is 40.5 Å². The number of rotatable bonds is 5. The molecule has 0 saturated carbocycles. The van der Waals surface area contributed by atoms with E-state index in [-0.39, 0.29) is 6.61 Å². The molecule has 0 radical (unpaired) electrons. The maximum Gasteiger partial charge on any atom is 0.338 e. The first-order chi connectivity index (χ1) is 14.1. The van der Waals surface area contributed by atoms with Gasteiger partial charge in [0.05, 0.1) is 18.4 Å². The third-order valence-corrected chi connectivity index (χ3v) is 4.05. The van der Waals surface area contributed by atoms with Crippen molar-refractivity contribution in [2.45, 2.75) is 6.92 Å². The SMILES string of the molecule is CCOC(=O)c1ccc(NC(=O)C(=O)N/N=C\c2cccc3ccccc23)cc1. The molecule has 0 spiro atoms. The predicted molar refractivity (Wildman–Crippen MR) is 111 cm³/mol. The molecule has 0 bridgehead atoms. The molecule has 146 valence electrons. The number of anilines is 1. The maximum atomic E-state index is 12.0. The van der Waals surface area contributed by atoms with Gasteiger partial charge < -0.3 is 10.1 Å². The van der Waals surface area contributed by atoms with Crippen LogP contribution in [0.1, 0.15) is 22.8 Å². The summed E-state index contributed by atoms with van der Waals surface area (Å²) in [4.78, 5) is 35.6. The second kappa shape index (κ2) is 9.27. The Balaban J connectivity index is 1.58. The molecule has 3 aromatic rings. The monoisotopic (exact) mass is 389 g/mol. The Morgan fingerprint density at radius 3 is 2.41 bits per heavy atom. The predicted octanol–water partition coefficient (Wildman–Crippen LogP) is 3.11. The van der Waals surface area contributed by atoms with E-state index in [1.54, 1.807) is 6.92 Å². The highest BCUT2D eigenvalue weighted by Gasteiger charge is 2.13. The molecular weight excluding hydrogens is 370 g/mol. The first-order valence-corrected chi connectivity index (χ1v) is 8.98. The first kappa shape index (κ1) is 19.8. The van der Waals surface area contributed by atoms with Crippen molar-refractivity contribution in [1.82, 2.24) is 5.43 Å². The van der Waals surface area contributed by atoms with Gasteiger partial charge in [0, 0.05) is 11.3 Å².